The topological polar surface area (TPSA) is 55.2 Å². The molecule has 0 atom stereocenters. The molecule has 2 aromatic rings. The van der Waals surface area contributed by atoms with E-state index in [1.165, 1.54) is 0 Å². The summed E-state index contributed by atoms with van der Waals surface area (Å²) in [6.07, 6.45) is 2.49. The van der Waals surface area contributed by atoms with E-state index < -0.39 is 10.0 Å². The van der Waals surface area contributed by atoms with Crippen LogP contribution >= 0.6 is 0 Å². The Balaban J connectivity index is 1.89. The van der Waals surface area contributed by atoms with Gasteiger partial charge in [0.2, 0.25) is 10.0 Å². The number of aromatic nitrogens is 2. The number of benzene rings is 1. The standard InChI is InChI=1S/C18H25N3O2S/c1-13(2)15-5-7-16(8-6-15)24(22,23)20-10-9-17-18(11-20)21(12-19-17)14(3)4/h5-8,12-14H,9-11H2,1-4H3. The van der Waals surface area contributed by atoms with E-state index in [0.29, 0.717) is 30.3 Å². The highest BCUT2D eigenvalue weighted by Gasteiger charge is 2.31. The molecule has 0 unspecified atom stereocenters. The van der Waals surface area contributed by atoms with Crippen molar-refractivity contribution >= 4 is 10.0 Å². The lowest BCUT2D eigenvalue weighted by molar-refractivity contribution is 0.372. The SMILES string of the molecule is CC(C)c1ccc(S(=O)(=O)N2CCc3ncn(C(C)C)c3C2)cc1. The molecule has 0 N–H and O–H groups in total. The normalized spacial score (nSPS) is 15.9. The molecule has 5 nitrogen and oxygen atoms in total. The van der Waals surface area contributed by atoms with Crippen LogP contribution in [0.1, 0.15) is 56.6 Å². The van der Waals surface area contributed by atoms with Crippen LogP contribution in [0.25, 0.3) is 0 Å². The molecule has 0 bridgehead atoms. The first-order valence-corrected chi connectivity index (χ1v) is 9.89. The molecular weight excluding hydrogens is 322 g/mol. The van der Waals surface area contributed by atoms with Crippen molar-refractivity contribution in [1.29, 1.82) is 0 Å². The third-order valence-corrected chi connectivity index (χ3v) is 6.51. The summed E-state index contributed by atoms with van der Waals surface area (Å²) in [5.41, 5.74) is 3.18. The van der Waals surface area contributed by atoms with Gasteiger partial charge in [0.15, 0.2) is 0 Å². The molecule has 6 heteroatoms. The lowest BCUT2D eigenvalue weighted by Crippen LogP contribution is -2.36. The highest BCUT2D eigenvalue weighted by atomic mass is 32.2. The van der Waals surface area contributed by atoms with Crippen LogP contribution in [0.5, 0.6) is 0 Å². The van der Waals surface area contributed by atoms with Gasteiger partial charge in [0.1, 0.15) is 0 Å². The van der Waals surface area contributed by atoms with Crippen molar-refractivity contribution in [3.8, 4) is 0 Å². The van der Waals surface area contributed by atoms with Crippen LogP contribution in [0.4, 0.5) is 0 Å². The first kappa shape index (κ1) is 17.2. The monoisotopic (exact) mass is 347 g/mol. The molecule has 1 aromatic heterocycles. The van der Waals surface area contributed by atoms with E-state index in [1.807, 2.05) is 18.5 Å². The molecule has 0 aliphatic carbocycles. The molecule has 1 aliphatic heterocycles. The fourth-order valence-electron chi connectivity index (χ4n) is 3.11. The average molecular weight is 347 g/mol. The third kappa shape index (κ3) is 3.00. The van der Waals surface area contributed by atoms with Crippen LogP contribution in [0.3, 0.4) is 0 Å². The van der Waals surface area contributed by atoms with Gasteiger partial charge in [0, 0.05) is 19.0 Å². The van der Waals surface area contributed by atoms with E-state index >= 15 is 0 Å². The number of hydrogen-bond donors (Lipinski definition) is 0. The second-order valence-electron chi connectivity index (χ2n) is 6.95. The molecule has 130 valence electrons. The summed E-state index contributed by atoms with van der Waals surface area (Å²) in [6, 6.07) is 7.53. The number of sulfonamides is 1. The highest BCUT2D eigenvalue weighted by molar-refractivity contribution is 7.89. The van der Waals surface area contributed by atoms with Crippen LogP contribution in [-0.4, -0.2) is 28.8 Å². The molecule has 1 aliphatic rings. The van der Waals surface area contributed by atoms with Crippen LogP contribution in [0.15, 0.2) is 35.5 Å². The predicted molar refractivity (Wildman–Crippen MR) is 94.4 cm³/mol. The zero-order valence-electron chi connectivity index (χ0n) is 14.7. The molecule has 0 fully saturated rings. The molecule has 0 amide bonds. The molecule has 1 aromatic carbocycles. The first-order valence-electron chi connectivity index (χ1n) is 8.45. The highest BCUT2D eigenvalue weighted by Crippen LogP contribution is 2.27. The first-order chi connectivity index (χ1) is 11.3. The Hall–Kier alpha value is -1.66. The Morgan fingerprint density at radius 1 is 1.08 bits per heavy atom. The van der Waals surface area contributed by atoms with Crippen molar-refractivity contribution < 1.29 is 8.42 Å². The quantitative estimate of drug-likeness (QED) is 0.852. The van der Waals surface area contributed by atoms with Gasteiger partial charge >= 0.3 is 0 Å². The van der Waals surface area contributed by atoms with Crippen molar-refractivity contribution in [3.05, 3.63) is 47.5 Å². The van der Waals surface area contributed by atoms with E-state index in [0.717, 1.165) is 17.0 Å². The summed E-state index contributed by atoms with van der Waals surface area (Å²) >= 11 is 0. The van der Waals surface area contributed by atoms with E-state index in [-0.39, 0.29) is 6.04 Å². The molecule has 0 spiro atoms. The minimum atomic E-state index is -3.48. The van der Waals surface area contributed by atoms with Gasteiger partial charge in [0.05, 0.1) is 29.2 Å². The van der Waals surface area contributed by atoms with Gasteiger partial charge in [-0.3, -0.25) is 0 Å². The summed E-state index contributed by atoms with van der Waals surface area (Å²) in [6.45, 7) is 9.24. The number of fused-ring (bicyclic) bond motifs is 1. The molecule has 0 saturated carbocycles. The maximum absolute atomic E-state index is 13.0. The van der Waals surface area contributed by atoms with Gasteiger partial charge in [-0.25, -0.2) is 13.4 Å². The largest absolute Gasteiger partial charge is 0.331 e. The van der Waals surface area contributed by atoms with Crippen LogP contribution in [0, 0.1) is 0 Å². The van der Waals surface area contributed by atoms with Crippen molar-refractivity contribution in [3.63, 3.8) is 0 Å². The predicted octanol–water partition coefficient (Wildman–Crippen LogP) is 3.33. The number of hydrogen-bond acceptors (Lipinski definition) is 3. The van der Waals surface area contributed by atoms with Crippen molar-refractivity contribution in [2.75, 3.05) is 6.54 Å². The number of nitrogens with zero attached hydrogens (tertiary/aromatic N) is 3. The van der Waals surface area contributed by atoms with Crippen LogP contribution in [-0.2, 0) is 23.0 Å². The maximum atomic E-state index is 13.0. The molecular formula is C18H25N3O2S. The summed E-state index contributed by atoms with van der Waals surface area (Å²) in [7, 11) is -3.48. The van der Waals surface area contributed by atoms with Crippen LogP contribution in [0.2, 0.25) is 0 Å². The Bertz CT molecular complexity index is 820. The van der Waals surface area contributed by atoms with Crippen molar-refractivity contribution in [1.82, 2.24) is 13.9 Å². The third-order valence-electron chi connectivity index (χ3n) is 4.65. The van der Waals surface area contributed by atoms with Crippen molar-refractivity contribution in [2.24, 2.45) is 0 Å². The summed E-state index contributed by atoms with van der Waals surface area (Å²) in [5.74, 6) is 0.389. The summed E-state index contributed by atoms with van der Waals surface area (Å²) in [5, 5.41) is 0. The number of rotatable bonds is 4. The van der Waals surface area contributed by atoms with E-state index in [4.69, 9.17) is 0 Å². The average Bonchev–Trinajstić information content (AvgIpc) is 2.98. The van der Waals surface area contributed by atoms with Gasteiger partial charge in [-0.05, 0) is 37.5 Å². The Morgan fingerprint density at radius 2 is 1.75 bits per heavy atom. The Labute approximate surface area is 144 Å². The van der Waals surface area contributed by atoms with Crippen LogP contribution < -0.4 is 0 Å². The molecule has 0 saturated heterocycles. The van der Waals surface area contributed by atoms with E-state index in [9.17, 15) is 8.42 Å². The lowest BCUT2D eigenvalue weighted by atomic mass is 10.0. The minimum absolute atomic E-state index is 0.272. The zero-order chi connectivity index (χ0) is 17.5. The second-order valence-corrected chi connectivity index (χ2v) is 8.89. The zero-order valence-corrected chi connectivity index (χ0v) is 15.5. The molecule has 2 heterocycles. The molecule has 3 rings (SSSR count). The van der Waals surface area contributed by atoms with Gasteiger partial charge in [0.25, 0.3) is 0 Å². The maximum Gasteiger partial charge on any atom is 0.243 e. The minimum Gasteiger partial charge on any atom is -0.331 e. The fraction of sp³-hybridized carbons (Fsp3) is 0.500. The lowest BCUT2D eigenvalue weighted by Gasteiger charge is -2.27. The van der Waals surface area contributed by atoms with E-state index in [1.54, 1.807) is 16.4 Å². The molecule has 24 heavy (non-hydrogen) atoms. The Morgan fingerprint density at radius 3 is 2.33 bits per heavy atom. The van der Waals surface area contributed by atoms with E-state index in [2.05, 4.69) is 37.2 Å². The number of imidazole rings is 1. The van der Waals surface area contributed by atoms with Crippen molar-refractivity contribution in [2.45, 2.75) is 57.5 Å². The summed E-state index contributed by atoms with van der Waals surface area (Å²) in [4.78, 5) is 4.81. The second kappa shape index (κ2) is 6.33. The smallest absolute Gasteiger partial charge is 0.243 e. The van der Waals surface area contributed by atoms with Gasteiger partial charge in [-0.1, -0.05) is 26.0 Å². The van der Waals surface area contributed by atoms with Gasteiger partial charge in [-0.15, -0.1) is 0 Å². The fourth-order valence-corrected chi connectivity index (χ4v) is 4.51. The van der Waals surface area contributed by atoms with Gasteiger partial charge < -0.3 is 4.57 Å². The van der Waals surface area contributed by atoms with Gasteiger partial charge in [-0.2, -0.15) is 4.31 Å². The summed E-state index contributed by atoms with van der Waals surface area (Å²) < 4.78 is 29.6. The molecule has 0 radical (unpaired) electrons. The Kier molecular flexibility index (Phi) is 4.53.